The van der Waals surface area contributed by atoms with Gasteiger partial charge in [-0.3, -0.25) is 14.4 Å². The zero-order valence-electron chi connectivity index (χ0n) is 30.3. The SMILES string of the molecule is CC(=O)[C@@H]1CC[C@H]2[C@@H]3CC[C@H]4C[C@H](O)CC[C@]4(C)[C@H]3CC[C@]12C.CC(=O)[C@H]1CC[C@H]2[C@@H]3CC[C@H]4CC(=O)CC[C@]4(C)[C@H]3CC[C@]12C. The Hall–Kier alpha value is -1.03. The minimum atomic E-state index is -0.0490. The van der Waals surface area contributed by atoms with Gasteiger partial charge in [0, 0.05) is 24.7 Å². The Morgan fingerprint density at radius 2 is 1.02 bits per heavy atom. The van der Waals surface area contributed by atoms with E-state index in [1.807, 2.05) is 13.8 Å². The first kappa shape index (κ1) is 33.5. The van der Waals surface area contributed by atoms with Crippen molar-refractivity contribution in [2.24, 2.45) is 80.8 Å². The fourth-order valence-electron chi connectivity index (χ4n) is 15.6. The van der Waals surface area contributed by atoms with Gasteiger partial charge in [-0.05, 0) is 186 Å². The van der Waals surface area contributed by atoms with E-state index < -0.39 is 0 Å². The normalized spacial score (nSPS) is 54.1. The number of ketones is 3. The van der Waals surface area contributed by atoms with Crippen LogP contribution in [0.3, 0.4) is 0 Å². The summed E-state index contributed by atoms with van der Waals surface area (Å²) in [6.45, 7) is 13.5. The molecule has 0 saturated heterocycles. The highest BCUT2D eigenvalue weighted by Crippen LogP contribution is 2.69. The summed E-state index contributed by atoms with van der Waals surface area (Å²) < 4.78 is 0. The van der Waals surface area contributed by atoms with Gasteiger partial charge in [-0.25, -0.2) is 0 Å². The second-order valence-electron chi connectivity index (χ2n) is 19.6. The molecule has 4 nitrogen and oxygen atoms in total. The van der Waals surface area contributed by atoms with Gasteiger partial charge in [-0.15, -0.1) is 0 Å². The monoisotopic (exact) mass is 634 g/mol. The summed E-state index contributed by atoms with van der Waals surface area (Å²) in [5.74, 6) is 8.22. The van der Waals surface area contributed by atoms with Crippen LogP contribution in [0.1, 0.15) is 157 Å². The van der Waals surface area contributed by atoms with Crippen molar-refractivity contribution in [3.8, 4) is 0 Å². The highest BCUT2D eigenvalue weighted by atomic mass is 16.3. The molecular weight excluding hydrogens is 568 g/mol. The maximum absolute atomic E-state index is 12.2. The number of Topliss-reactive ketones (excluding diaryl/α,β-unsaturated/α-hetero) is 3. The molecule has 0 radical (unpaired) electrons. The van der Waals surface area contributed by atoms with E-state index in [-0.39, 0.29) is 16.9 Å². The second kappa shape index (κ2) is 11.8. The average Bonchev–Trinajstić information content (AvgIpc) is 3.55. The van der Waals surface area contributed by atoms with Gasteiger partial charge < -0.3 is 5.11 Å². The van der Waals surface area contributed by atoms with E-state index in [0.29, 0.717) is 45.9 Å². The van der Waals surface area contributed by atoms with E-state index in [0.717, 1.165) is 86.4 Å². The molecule has 8 fully saturated rings. The molecule has 0 spiro atoms. The Kier molecular flexibility index (Phi) is 8.58. The molecule has 0 aliphatic heterocycles. The summed E-state index contributed by atoms with van der Waals surface area (Å²) in [7, 11) is 0. The minimum absolute atomic E-state index is 0.0490. The highest BCUT2D eigenvalue weighted by molar-refractivity contribution is 5.80. The molecule has 0 bridgehead atoms. The molecule has 8 aliphatic rings. The van der Waals surface area contributed by atoms with Gasteiger partial charge in [0.05, 0.1) is 6.10 Å². The van der Waals surface area contributed by atoms with Gasteiger partial charge in [0.25, 0.3) is 0 Å². The van der Waals surface area contributed by atoms with E-state index in [1.165, 1.54) is 70.6 Å². The number of hydrogen-bond acceptors (Lipinski definition) is 4. The molecule has 8 saturated carbocycles. The van der Waals surface area contributed by atoms with Crippen LogP contribution < -0.4 is 0 Å². The Morgan fingerprint density at radius 3 is 1.54 bits per heavy atom. The fourth-order valence-corrected chi connectivity index (χ4v) is 15.6. The largest absolute Gasteiger partial charge is 0.393 e. The standard InChI is InChI=1S/C21H34O2.C21H32O2/c2*1-13(22)17-6-7-18-16-5-4-14-12-15(23)8-10-20(14,2)19(16)9-11-21(17,18)3/h14-19,23H,4-12H2,1-3H3;14,16-19H,4-12H2,1-3H3/t14-,15+,16-,17-,18-,19-,20-,21+;14-,16-,17+,18-,19-,20-,21+/m00/s1. The molecule has 0 aromatic heterocycles. The zero-order valence-corrected chi connectivity index (χ0v) is 30.3. The van der Waals surface area contributed by atoms with Gasteiger partial charge >= 0.3 is 0 Å². The molecule has 15 atom stereocenters. The smallest absolute Gasteiger partial charge is 0.133 e. The first-order valence-corrected chi connectivity index (χ1v) is 19.9. The number of hydrogen-bond donors (Lipinski definition) is 1. The number of fused-ring (bicyclic) bond motifs is 10. The molecule has 0 aromatic rings. The number of carbonyl (C=O) groups excluding carboxylic acids is 3. The van der Waals surface area contributed by atoms with E-state index >= 15 is 0 Å². The zero-order chi connectivity index (χ0) is 32.8. The summed E-state index contributed by atoms with van der Waals surface area (Å²) in [5.41, 5.74) is 1.40. The maximum Gasteiger partial charge on any atom is 0.133 e. The van der Waals surface area contributed by atoms with Gasteiger partial charge in [-0.2, -0.15) is 0 Å². The molecule has 8 rings (SSSR count). The summed E-state index contributed by atoms with van der Waals surface area (Å²) in [6, 6.07) is 0. The van der Waals surface area contributed by atoms with Crippen LogP contribution in [0.15, 0.2) is 0 Å². The van der Waals surface area contributed by atoms with Crippen LogP contribution >= 0.6 is 0 Å². The van der Waals surface area contributed by atoms with Crippen LogP contribution in [0, 0.1) is 80.8 Å². The molecular formula is C42H66O4. The van der Waals surface area contributed by atoms with Crippen molar-refractivity contribution >= 4 is 17.3 Å². The first-order chi connectivity index (χ1) is 21.7. The lowest BCUT2D eigenvalue weighted by atomic mass is 9.44. The van der Waals surface area contributed by atoms with E-state index in [1.54, 1.807) is 0 Å². The van der Waals surface area contributed by atoms with Crippen molar-refractivity contribution in [1.29, 1.82) is 0 Å². The Morgan fingerprint density at radius 1 is 0.565 bits per heavy atom. The summed E-state index contributed by atoms with van der Waals surface area (Å²) in [4.78, 5) is 36.3. The summed E-state index contributed by atoms with van der Waals surface area (Å²) >= 11 is 0. The molecule has 0 heterocycles. The molecule has 0 amide bonds. The number of rotatable bonds is 2. The maximum atomic E-state index is 12.2. The summed E-state index contributed by atoms with van der Waals surface area (Å²) in [6.07, 6.45) is 21.1. The van der Waals surface area contributed by atoms with Crippen LogP contribution in [0.2, 0.25) is 0 Å². The topological polar surface area (TPSA) is 71.4 Å². The minimum Gasteiger partial charge on any atom is -0.393 e. The second-order valence-corrected chi connectivity index (χ2v) is 19.6. The molecule has 0 aromatic carbocycles. The van der Waals surface area contributed by atoms with Crippen molar-refractivity contribution in [3.63, 3.8) is 0 Å². The molecule has 46 heavy (non-hydrogen) atoms. The predicted molar refractivity (Wildman–Crippen MR) is 183 cm³/mol. The lowest BCUT2D eigenvalue weighted by Crippen LogP contribution is -2.54. The third kappa shape index (κ3) is 5.01. The number of aliphatic hydroxyl groups excluding tert-OH is 1. The molecule has 8 aliphatic carbocycles. The van der Waals surface area contributed by atoms with Gasteiger partial charge in [0.1, 0.15) is 17.3 Å². The number of aliphatic hydroxyl groups is 1. The first-order valence-electron chi connectivity index (χ1n) is 19.9. The van der Waals surface area contributed by atoms with Crippen molar-refractivity contribution in [1.82, 2.24) is 0 Å². The Bertz CT molecular complexity index is 1220. The van der Waals surface area contributed by atoms with Gasteiger partial charge in [-0.1, -0.05) is 27.7 Å². The molecule has 4 heteroatoms. The van der Waals surface area contributed by atoms with E-state index in [2.05, 4.69) is 27.7 Å². The quantitative estimate of drug-likeness (QED) is 0.329. The van der Waals surface area contributed by atoms with Crippen molar-refractivity contribution in [2.75, 3.05) is 0 Å². The van der Waals surface area contributed by atoms with Crippen molar-refractivity contribution in [3.05, 3.63) is 0 Å². The lowest BCUT2D eigenvalue weighted by molar-refractivity contribution is -0.143. The van der Waals surface area contributed by atoms with Crippen LogP contribution in [0.25, 0.3) is 0 Å². The predicted octanol–water partition coefficient (Wildman–Crippen LogP) is 9.40. The highest BCUT2D eigenvalue weighted by Gasteiger charge is 2.62. The van der Waals surface area contributed by atoms with Crippen molar-refractivity contribution < 1.29 is 19.5 Å². The van der Waals surface area contributed by atoms with Crippen LogP contribution in [-0.2, 0) is 14.4 Å². The number of carbonyl (C=O) groups is 3. The van der Waals surface area contributed by atoms with Crippen molar-refractivity contribution in [2.45, 2.75) is 163 Å². The lowest BCUT2D eigenvalue weighted by Gasteiger charge is -2.60. The van der Waals surface area contributed by atoms with E-state index in [9.17, 15) is 19.5 Å². The summed E-state index contributed by atoms with van der Waals surface area (Å²) in [5, 5.41) is 10.1. The van der Waals surface area contributed by atoms with Crippen LogP contribution in [0.4, 0.5) is 0 Å². The van der Waals surface area contributed by atoms with Crippen LogP contribution in [-0.4, -0.2) is 28.6 Å². The van der Waals surface area contributed by atoms with Gasteiger partial charge in [0.2, 0.25) is 0 Å². The van der Waals surface area contributed by atoms with E-state index in [4.69, 9.17) is 0 Å². The molecule has 258 valence electrons. The average molecular weight is 635 g/mol. The fraction of sp³-hybridized carbons (Fsp3) is 0.929. The Balaban J connectivity index is 0.000000147. The Labute approximate surface area is 280 Å². The molecule has 0 unspecified atom stereocenters. The third-order valence-corrected chi connectivity index (χ3v) is 18.1. The molecule has 1 N–H and O–H groups in total. The van der Waals surface area contributed by atoms with Crippen LogP contribution in [0.5, 0.6) is 0 Å². The third-order valence-electron chi connectivity index (χ3n) is 18.1. The van der Waals surface area contributed by atoms with Gasteiger partial charge in [0.15, 0.2) is 0 Å².